The van der Waals surface area contributed by atoms with Crippen molar-refractivity contribution in [1.82, 2.24) is 19.9 Å². The molecule has 0 fully saturated rings. The quantitative estimate of drug-likeness (QED) is 0.172. The monoisotopic (exact) mass is 662 g/mol. The Hall–Kier alpha value is -7.04. The van der Waals surface area contributed by atoms with Crippen LogP contribution >= 0.6 is 0 Å². The molecule has 4 nitrogen and oxygen atoms in total. The minimum Gasteiger partial charge on any atom is -0.247 e. The van der Waals surface area contributed by atoms with Gasteiger partial charge in [0.05, 0.1) is 33.8 Å². The van der Waals surface area contributed by atoms with E-state index in [0.717, 1.165) is 83.2 Å². The lowest BCUT2D eigenvalue weighted by molar-refractivity contribution is 1.18. The van der Waals surface area contributed by atoms with Crippen LogP contribution in [-0.4, -0.2) is 19.9 Å². The van der Waals surface area contributed by atoms with Crippen LogP contribution in [0.2, 0.25) is 0 Å². The standard InChI is InChI=1S/C48H30N4/c1-4-13-32(14-5-1)42-30-43(52-48(51-42)35-17-8-3-9-18-35)38-23-25-39-40-26-22-34-24-27-41(37-21-20-31-12-10-11-19-36(31)28-37)49-47(34)45(40)46(50-44(39)29-38)33-15-6-2-7-16-33/h1-30H. The third-order valence-corrected chi connectivity index (χ3v) is 9.84. The topological polar surface area (TPSA) is 51.6 Å². The van der Waals surface area contributed by atoms with Gasteiger partial charge < -0.3 is 0 Å². The first-order chi connectivity index (χ1) is 25.7. The molecule has 0 bridgehead atoms. The fourth-order valence-electron chi connectivity index (χ4n) is 7.22. The number of hydrogen-bond donors (Lipinski definition) is 0. The molecule has 0 radical (unpaired) electrons. The molecule has 0 spiro atoms. The van der Waals surface area contributed by atoms with Gasteiger partial charge in [0.25, 0.3) is 0 Å². The van der Waals surface area contributed by atoms with Gasteiger partial charge in [0.2, 0.25) is 0 Å². The summed E-state index contributed by atoms with van der Waals surface area (Å²) in [5.74, 6) is 0.688. The van der Waals surface area contributed by atoms with Crippen LogP contribution in [0, 0.1) is 0 Å². The van der Waals surface area contributed by atoms with Gasteiger partial charge in [-0.05, 0) is 40.4 Å². The van der Waals surface area contributed by atoms with E-state index in [-0.39, 0.29) is 0 Å². The summed E-state index contributed by atoms with van der Waals surface area (Å²) in [6, 6.07) is 63.2. The zero-order chi connectivity index (χ0) is 34.4. The van der Waals surface area contributed by atoms with Crippen molar-refractivity contribution in [2.24, 2.45) is 0 Å². The molecular formula is C48H30N4. The molecule has 52 heavy (non-hydrogen) atoms. The Morgan fingerprint density at radius 2 is 0.885 bits per heavy atom. The van der Waals surface area contributed by atoms with Crippen molar-refractivity contribution in [3.05, 3.63) is 182 Å². The first-order valence-electron chi connectivity index (χ1n) is 17.5. The van der Waals surface area contributed by atoms with Crippen molar-refractivity contribution in [2.75, 3.05) is 0 Å². The molecule has 10 aromatic rings. The molecule has 0 aliphatic rings. The molecular weight excluding hydrogens is 633 g/mol. The summed E-state index contributed by atoms with van der Waals surface area (Å²) in [6.45, 7) is 0. The van der Waals surface area contributed by atoms with E-state index >= 15 is 0 Å². The van der Waals surface area contributed by atoms with Gasteiger partial charge in [-0.25, -0.2) is 19.9 Å². The van der Waals surface area contributed by atoms with E-state index in [9.17, 15) is 0 Å². The molecule has 4 heteroatoms. The summed E-state index contributed by atoms with van der Waals surface area (Å²) in [5.41, 5.74) is 10.5. The Kier molecular flexibility index (Phi) is 7.10. The number of rotatable bonds is 5. The average Bonchev–Trinajstić information content (AvgIpc) is 3.23. The van der Waals surface area contributed by atoms with E-state index < -0.39 is 0 Å². The summed E-state index contributed by atoms with van der Waals surface area (Å²) in [6.07, 6.45) is 0. The molecule has 0 saturated carbocycles. The van der Waals surface area contributed by atoms with E-state index in [1.807, 2.05) is 42.5 Å². The molecule has 3 aromatic heterocycles. The molecule has 242 valence electrons. The van der Waals surface area contributed by atoms with E-state index in [1.165, 1.54) is 10.8 Å². The zero-order valence-electron chi connectivity index (χ0n) is 28.1. The third-order valence-electron chi connectivity index (χ3n) is 9.84. The highest BCUT2D eigenvalue weighted by Crippen LogP contribution is 2.39. The highest BCUT2D eigenvalue weighted by molar-refractivity contribution is 6.20. The largest absolute Gasteiger partial charge is 0.247 e. The summed E-state index contributed by atoms with van der Waals surface area (Å²) >= 11 is 0. The maximum Gasteiger partial charge on any atom is 0.160 e. The van der Waals surface area contributed by atoms with Gasteiger partial charge >= 0.3 is 0 Å². The van der Waals surface area contributed by atoms with Gasteiger partial charge in [-0.3, -0.25) is 0 Å². The van der Waals surface area contributed by atoms with E-state index in [2.05, 4.69) is 140 Å². The summed E-state index contributed by atoms with van der Waals surface area (Å²) in [4.78, 5) is 20.9. The first-order valence-corrected chi connectivity index (χ1v) is 17.5. The highest BCUT2D eigenvalue weighted by Gasteiger charge is 2.17. The lowest BCUT2D eigenvalue weighted by Crippen LogP contribution is -1.97. The molecule has 3 heterocycles. The number of benzene rings is 7. The van der Waals surface area contributed by atoms with Crippen LogP contribution in [0.3, 0.4) is 0 Å². The van der Waals surface area contributed by atoms with E-state index in [0.29, 0.717) is 5.82 Å². The van der Waals surface area contributed by atoms with Crippen molar-refractivity contribution in [1.29, 1.82) is 0 Å². The minimum absolute atomic E-state index is 0.688. The lowest BCUT2D eigenvalue weighted by atomic mass is 9.95. The Balaban J connectivity index is 1.19. The maximum atomic E-state index is 5.43. The Morgan fingerprint density at radius 1 is 0.308 bits per heavy atom. The Bertz CT molecular complexity index is 2880. The van der Waals surface area contributed by atoms with Gasteiger partial charge in [0, 0.05) is 44.0 Å². The fourth-order valence-corrected chi connectivity index (χ4v) is 7.22. The van der Waals surface area contributed by atoms with Crippen LogP contribution in [0.25, 0.3) is 99.8 Å². The second-order valence-corrected chi connectivity index (χ2v) is 13.1. The average molecular weight is 663 g/mol. The molecule has 7 aromatic carbocycles. The molecule has 10 rings (SSSR count). The number of fused-ring (bicyclic) bond motifs is 6. The van der Waals surface area contributed by atoms with Crippen molar-refractivity contribution in [2.45, 2.75) is 0 Å². The zero-order valence-corrected chi connectivity index (χ0v) is 28.1. The van der Waals surface area contributed by atoms with Crippen LogP contribution in [-0.2, 0) is 0 Å². The lowest BCUT2D eigenvalue weighted by Gasteiger charge is -2.14. The molecule has 0 unspecified atom stereocenters. The number of aromatic nitrogens is 4. The van der Waals surface area contributed by atoms with Crippen LogP contribution in [0.15, 0.2) is 182 Å². The van der Waals surface area contributed by atoms with E-state index in [1.54, 1.807) is 0 Å². The second-order valence-electron chi connectivity index (χ2n) is 13.1. The third kappa shape index (κ3) is 5.26. The molecule has 0 saturated heterocycles. The van der Waals surface area contributed by atoms with Gasteiger partial charge in [-0.1, -0.05) is 158 Å². The van der Waals surface area contributed by atoms with Gasteiger partial charge in [-0.15, -0.1) is 0 Å². The summed E-state index contributed by atoms with van der Waals surface area (Å²) < 4.78 is 0. The Morgan fingerprint density at radius 3 is 1.65 bits per heavy atom. The van der Waals surface area contributed by atoms with Crippen LogP contribution in [0.5, 0.6) is 0 Å². The van der Waals surface area contributed by atoms with Gasteiger partial charge in [0.15, 0.2) is 5.82 Å². The van der Waals surface area contributed by atoms with Crippen molar-refractivity contribution in [3.63, 3.8) is 0 Å². The van der Waals surface area contributed by atoms with Crippen molar-refractivity contribution in [3.8, 4) is 56.4 Å². The minimum atomic E-state index is 0.688. The van der Waals surface area contributed by atoms with Crippen LogP contribution in [0.4, 0.5) is 0 Å². The normalized spacial score (nSPS) is 11.5. The van der Waals surface area contributed by atoms with Crippen molar-refractivity contribution < 1.29 is 0 Å². The molecule has 0 amide bonds. The van der Waals surface area contributed by atoms with Crippen LogP contribution in [0.1, 0.15) is 0 Å². The smallest absolute Gasteiger partial charge is 0.160 e. The fraction of sp³-hybridized carbons (Fsp3) is 0. The maximum absolute atomic E-state index is 5.43. The predicted octanol–water partition coefficient (Wildman–Crippen LogP) is 12.2. The number of nitrogens with zero attached hydrogens (tertiary/aromatic N) is 4. The summed E-state index contributed by atoms with van der Waals surface area (Å²) in [5, 5.41) is 6.72. The van der Waals surface area contributed by atoms with Crippen molar-refractivity contribution >= 4 is 43.4 Å². The number of pyridine rings is 2. The molecule has 0 N–H and O–H groups in total. The van der Waals surface area contributed by atoms with Gasteiger partial charge in [0.1, 0.15) is 0 Å². The SMILES string of the molecule is c1ccc(-c2cc(-c3ccc4c(c3)nc(-c3ccccc3)c3c4ccc4ccc(-c5ccc6ccccc6c5)nc43)nc(-c3ccccc3)n2)cc1. The second kappa shape index (κ2) is 12.4. The predicted molar refractivity (Wildman–Crippen MR) is 215 cm³/mol. The summed E-state index contributed by atoms with van der Waals surface area (Å²) in [7, 11) is 0. The first kappa shape index (κ1) is 29.8. The molecule has 0 atom stereocenters. The number of hydrogen-bond acceptors (Lipinski definition) is 4. The molecule has 0 aliphatic heterocycles. The Labute approximate surface area is 300 Å². The van der Waals surface area contributed by atoms with E-state index in [4.69, 9.17) is 19.9 Å². The van der Waals surface area contributed by atoms with Crippen LogP contribution < -0.4 is 0 Å². The molecule has 0 aliphatic carbocycles. The van der Waals surface area contributed by atoms with Gasteiger partial charge in [-0.2, -0.15) is 0 Å². The highest BCUT2D eigenvalue weighted by atomic mass is 14.9.